The van der Waals surface area contributed by atoms with Crippen LogP contribution in [0.3, 0.4) is 0 Å². The van der Waals surface area contributed by atoms with Crippen LogP contribution in [0.1, 0.15) is 18.4 Å². The minimum absolute atomic E-state index is 0. The Balaban J connectivity index is 0.00000200. The smallest absolute Gasteiger partial charge is 0.227 e. The summed E-state index contributed by atoms with van der Waals surface area (Å²) in [4.78, 5) is 14.3. The quantitative estimate of drug-likeness (QED) is 0.915. The summed E-state index contributed by atoms with van der Waals surface area (Å²) in [5.41, 5.74) is 0.912. The molecule has 1 saturated heterocycles. The van der Waals surface area contributed by atoms with Crippen LogP contribution in [0, 0.1) is 0 Å². The first kappa shape index (κ1) is 17.6. The first-order valence-corrected chi connectivity index (χ1v) is 7.25. The van der Waals surface area contributed by atoms with Crippen LogP contribution in [0.4, 0.5) is 0 Å². The molecule has 0 saturated carbocycles. The Morgan fingerprint density at radius 1 is 1.40 bits per heavy atom. The second-order valence-corrected chi connectivity index (χ2v) is 5.68. The number of hydrogen-bond acceptors (Lipinski definition) is 2. The summed E-state index contributed by atoms with van der Waals surface area (Å²) in [6, 6.07) is 5.68. The Morgan fingerprint density at radius 2 is 2.15 bits per heavy atom. The molecular formula is C14H19Cl3N2O. The summed E-state index contributed by atoms with van der Waals surface area (Å²) in [5, 5.41) is 4.16. The number of halogens is 3. The molecule has 1 aliphatic rings. The van der Waals surface area contributed by atoms with Gasteiger partial charge in [0.15, 0.2) is 0 Å². The molecule has 112 valence electrons. The van der Waals surface area contributed by atoms with Crippen molar-refractivity contribution < 1.29 is 4.79 Å². The molecule has 1 amide bonds. The van der Waals surface area contributed by atoms with E-state index in [-0.39, 0.29) is 18.3 Å². The van der Waals surface area contributed by atoms with E-state index in [1.807, 2.05) is 18.0 Å². The molecular weight excluding hydrogens is 319 g/mol. The number of rotatable bonds is 4. The number of hydrogen-bond donors (Lipinski definition) is 1. The summed E-state index contributed by atoms with van der Waals surface area (Å²) < 4.78 is 0. The average molecular weight is 338 g/mol. The van der Waals surface area contributed by atoms with Crippen LogP contribution < -0.4 is 5.32 Å². The Kier molecular flexibility index (Phi) is 7.10. The molecule has 0 spiro atoms. The Hall–Kier alpha value is -0.480. The van der Waals surface area contributed by atoms with Gasteiger partial charge in [0.25, 0.3) is 0 Å². The van der Waals surface area contributed by atoms with Gasteiger partial charge in [-0.15, -0.1) is 12.4 Å². The van der Waals surface area contributed by atoms with Gasteiger partial charge in [0.05, 0.1) is 16.5 Å². The van der Waals surface area contributed by atoms with Gasteiger partial charge < -0.3 is 10.2 Å². The predicted molar refractivity (Wildman–Crippen MR) is 86.1 cm³/mol. The summed E-state index contributed by atoms with van der Waals surface area (Å²) in [7, 11) is 1.92. The van der Waals surface area contributed by atoms with Gasteiger partial charge in [-0.25, -0.2) is 0 Å². The molecule has 0 radical (unpaired) electrons. The molecule has 0 bridgehead atoms. The topological polar surface area (TPSA) is 32.3 Å². The van der Waals surface area contributed by atoms with Gasteiger partial charge in [-0.2, -0.15) is 0 Å². The van der Waals surface area contributed by atoms with E-state index in [0.717, 1.165) is 31.5 Å². The van der Waals surface area contributed by atoms with Crippen LogP contribution >= 0.6 is 35.6 Å². The van der Waals surface area contributed by atoms with Crippen LogP contribution in [0.25, 0.3) is 0 Å². The molecule has 1 aromatic carbocycles. The number of likely N-dealkylation sites (tertiary alicyclic amines) is 1. The molecule has 0 aromatic heterocycles. The number of carbonyl (C=O) groups excluding carboxylic acids is 1. The number of amides is 1. The van der Waals surface area contributed by atoms with E-state index in [1.54, 1.807) is 12.1 Å². The summed E-state index contributed by atoms with van der Waals surface area (Å²) >= 11 is 11.8. The first-order valence-electron chi connectivity index (χ1n) is 6.50. The minimum Gasteiger partial charge on any atom is -0.338 e. The highest BCUT2D eigenvalue weighted by Gasteiger charge is 2.27. The normalized spacial score (nSPS) is 17.9. The van der Waals surface area contributed by atoms with Crippen molar-refractivity contribution in [1.29, 1.82) is 0 Å². The molecule has 0 aliphatic carbocycles. The third kappa shape index (κ3) is 4.26. The standard InChI is InChI=1S/C14H18Cl2N2O.ClH/c1-17-9-11-3-2-6-18(11)14(19)8-10-4-5-12(15)13(16)7-10;/h4-5,7,11,17H,2-3,6,8-9H2,1H3;1H. The van der Waals surface area contributed by atoms with Crippen LogP contribution in [0.5, 0.6) is 0 Å². The molecule has 1 atom stereocenters. The fourth-order valence-corrected chi connectivity index (χ4v) is 2.86. The Bertz CT molecular complexity index is 468. The lowest BCUT2D eigenvalue weighted by Gasteiger charge is -2.24. The second kappa shape index (κ2) is 8.08. The molecule has 2 rings (SSSR count). The maximum Gasteiger partial charge on any atom is 0.227 e. The second-order valence-electron chi connectivity index (χ2n) is 4.87. The number of nitrogens with zero attached hydrogens (tertiary/aromatic N) is 1. The number of likely N-dealkylation sites (N-methyl/N-ethyl adjacent to an activating group) is 1. The molecule has 20 heavy (non-hydrogen) atoms. The van der Waals surface area contributed by atoms with E-state index >= 15 is 0 Å². The number of benzene rings is 1. The van der Waals surface area contributed by atoms with Gasteiger partial charge >= 0.3 is 0 Å². The summed E-state index contributed by atoms with van der Waals surface area (Å²) in [5.74, 6) is 0.163. The molecule has 6 heteroatoms. The molecule has 1 heterocycles. The molecule has 1 unspecified atom stereocenters. The lowest BCUT2D eigenvalue weighted by atomic mass is 10.1. The van der Waals surface area contributed by atoms with Gasteiger partial charge in [-0.05, 0) is 37.6 Å². The van der Waals surface area contributed by atoms with Gasteiger partial charge in [0, 0.05) is 19.1 Å². The third-order valence-electron chi connectivity index (χ3n) is 3.48. The monoisotopic (exact) mass is 336 g/mol. The maximum absolute atomic E-state index is 12.3. The minimum atomic E-state index is 0. The maximum atomic E-state index is 12.3. The molecule has 1 aliphatic heterocycles. The van der Waals surface area contributed by atoms with Crippen molar-refractivity contribution in [2.45, 2.75) is 25.3 Å². The van der Waals surface area contributed by atoms with Crippen molar-refractivity contribution >= 4 is 41.5 Å². The van der Waals surface area contributed by atoms with Crippen molar-refractivity contribution in [3.05, 3.63) is 33.8 Å². The predicted octanol–water partition coefficient (Wildman–Crippen LogP) is 3.17. The average Bonchev–Trinajstić information content (AvgIpc) is 2.83. The molecule has 1 N–H and O–H groups in total. The third-order valence-corrected chi connectivity index (χ3v) is 4.22. The van der Waals surface area contributed by atoms with Gasteiger partial charge in [0.2, 0.25) is 5.91 Å². The van der Waals surface area contributed by atoms with Crippen molar-refractivity contribution in [1.82, 2.24) is 10.2 Å². The number of nitrogens with one attached hydrogen (secondary N) is 1. The lowest BCUT2D eigenvalue weighted by molar-refractivity contribution is -0.131. The highest BCUT2D eigenvalue weighted by Crippen LogP contribution is 2.24. The SMILES string of the molecule is CNCC1CCCN1C(=O)Cc1ccc(Cl)c(Cl)c1.Cl. The van der Waals surface area contributed by atoms with Gasteiger partial charge in [-0.1, -0.05) is 29.3 Å². The van der Waals surface area contributed by atoms with Crippen molar-refractivity contribution in [2.24, 2.45) is 0 Å². The van der Waals surface area contributed by atoms with E-state index < -0.39 is 0 Å². The van der Waals surface area contributed by atoms with E-state index in [0.29, 0.717) is 22.5 Å². The van der Waals surface area contributed by atoms with Crippen molar-refractivity contribution in [3.8, 4) is 0 Å². The molecule has 1 aromatic rings. The Labute approximate surface area is 136 Å². The zero-order valence-corrected chi connectivity index (χ0v) is 13.7. The van der Waals surface area contributed by atoms with Crippen LogP contribution in [-0.4, -0.2) is 37.0 Å². The van der Waals surface area contributed by atoms with E-state index in [1.165, 1.54) is 0 Å². The van der Waals surface area contributed by atoms with Crippen LogP contribution in [0.2, 0.25) is 10.0 Å². The zero-order valence-electron chi connectivity index (χ0n) is 11.4. The zero-order chi connectivity index (χ0) is 13.8. The molecule has 1 fully saturated rings. The fourth-order valence-electron chi connectivity index (χ4n) is 2.54. The number of carbonyl (C=O) groups is 1. The van der Waals surface area contributed by atoms with Crippen molar-refractivity contribution in [3.63, 3.8) is 0 Å². The highest BCUT2D eigenvalue weighted by molar-refractivity contribution is 6.42. The summed E-state index contributed by atoms with van der Waals surface area (Å²) in [6.45, 7) is 1.71. The van der Waals surface area contributed by atoms with E-state index in [9.17, 15) is 4.79 Å². The van der Waals surface area contributed by atoms with Crippen molar-refractivity contribution in [2.75, 3.05) is 20.1 Å². The van der Waals surface area contributed by atoms with Crippen LogP contribution in [-0.2, 0) is 11.2 Å². The first-order chi connectivity index (χ1) is 9.11. The highest BCUT2D eigenvalue weighted by atomic mass is 35.5. The van der Waals surface area contributed by atoms with E-state index in [2.05, 4.69) is 5.32 Å². The van der Waals surface area contributed by atoms with Gasteiger partial charge in [0.1, 0.15) is 0 Å². The largest absolute Gasteiger partial charge is 0.338 e. The summed E-state index contributed by atoms with van der Waals surface area (Å²) in [6.07, 6.45) is 2.55. The van der Waals surface area contributed by atoms with Gasteiger partial charge in [-0.3, -0.25) is 4.79 Å². The Morgan fingerprint density at radius 3 is 2.80 bits per heavy atom. The lowest BCUT2D eigenvalue weighted by Crippen LogP contribution is -2.41. The molecule has 3 nitrogen and oxygen atoms in total. The fraction of sp³-hybridized carbons (Fsp3) is 0.500. The van der Waals surface area contributed by atoms with Crippen LogP contribution in [0.15, 0.2) is 18.2 Å². The van der Waals surface area contributed by atoms with E-state index in [4.69, 9.17) is 23.2 Å².